The minimum atomic E-state index is -0.214. The number of furan rings is 1. The molecule has 4 nitrogen and oxygen atoms in total. The molecule has 0 aliphatic carbocycles. The molecule has 2 aromatic rings. The maximum Gasteiger partial charge on any atom is 0.286 e. The summed E-state index contributed by atoms with van der Waals surface area (Å²) >= 11 is 13.7. The van der Waals surface area contributed by atoms with E-state index in [9.17, 15) is 4.79 Å². The first kappa shape index (κ1) is 17.7. The highest BCUT2D eigenvalue weighted by atomic mass is 35.5. The van der Waals surface area contributed by atoms with E-state index in [1.807, 2.05) is 12.1 Å². The molecule has 0 saturated carbocycles. The Balaban J connectivity index is 1.54. The molecule has 0 unspecified atom stereocenters. The standard InChI is InChI=1S/C19H16Cl2N2O2S/c20-12-4-6-15(21)14(10-12)16-7-5-13(25-16)11-17-18(24)22-19(26-17)23-8-2-1-3-9-23/h4-7,10-11H,1-3,8-9H2/b17-11+. The quantitative estimate of drug-likeness (QED) is 0.599. The van der Waals surface area contributed by atoms with Gasteiger partial charge in [-0.1, -0.05) is 23.2 Å². The number of halogens is 2. The van der Waals surface area contributed by atoms with Crippen molar-refractivity contribution in [3.8, 4) is 11.3 Å². The van der Waals surface area contributed by atoms with E-state index in [2.05, 4.69) is 9.89 Å². The molecule has 0 spiro atoms. The molecular formula is C19H16Cl2N2O2S. The predicted octanol–water partition coefficient (Wildman–Crippen LogP) is 5.71. The molecule has 134 valence electrons. The van der Waals surface area contributed by atoms with Crippen LogP contribution >= 0.6 is 35.0 Å². The molecule has 2 aliphatic rings. The van der Waals surface area contributed by atoms with Gasteiger partial charge in [-0.3, -0.25) is 4.79 Å². The van der Waals surface area contributed by atoms with E-state index in [0.717, 1.165) is 36.7 Å². The maximum absolute atomic E-state index is 12.2. The second-order valence-electron chi connectivity index (χ2n) is 6.18. The van der Waals surface area contributed by atoms with Crippen LogP contribution in [0.4, 0.5) is 0 Å². The first-order valence-corrected chi connectivity index (χ1v) is 10.0. The molecule has 1 amide bonds. The van der Waals surface area contributed by atoms with Gasteiger partial charge in [-0.2, -0.15) is 4.99 Å². The third-order valence-corrected chi connectivity index (χ3v) is 5.94. The first-order valence-electron chi connectivity index (χ1n) is 8.43. The number of hydrogen-bond donors (Lipinski definition) is 0. The summed E-state index contributed by atoms with van der Waals surface area (Å²) in [6.07, 6.45) is 5.27. The van der Waals surface area contributed by atoms with Crippen LogP contribution in [0.5, 0.6) is 0 Å². The van der Waals surface area contributed by atoms with Crippen LogP contribution < -0.4 is 0 Å². The minimum Gasteiger partial charge on any atom is -0.457 e. The Labute approximate surface area is 165 Å². The molecule has 7 heteroatoms. The fraction of sp³-hybridized carbons (Fsp3) is 0.263. The van der Waals surface area contributed by atoms with Crippen LogP contribution in [0.25, 0.3) is 17.4 Å². The van der Waals surface area contributed by atoms with Gasteiger partial charge in [0.05, 0.1) is 9.93 Å². The van der Waals surface area contributed by atoms with E-state index in [1.165, 1.54) is 18.2 Å². The molecule has 1 aromatic heterocycles. The molecule has 2 aliphatic heterocycles. The zero-order valence-corrected chi connectivity index (χ0v) is 16.2. The second-order valence-corrected chi connectivity index (χ2v) is 8.04. The summed E-state index contributed by atoms with van der Waals surface area (Å²) in [4.78, 5) is 19.2. The van der Waals surface area contributed by atoms with Crippen molar-refractivity contribution in [2.75, 3.05) is 13.1 Å². The van der Waals surface area contributed by atoms with Gasteiger partial charge in [0.1, 0.15) is 11.5 Å². The van der Waals surface area contributed by atoms with E-state index in [-0.39, 0.29) is 5.91 Å². The summed E-state index contributed by atoms with van der Waals surface area (Å²) in [6, 6.07) is 8.85. The van der Waals surface area contributed by atoms with E-state index in [4.69, 9.17) is 27.6 Å². The smallest absolute Gasteiger partial charge is 0.286 e. The first-order chi connectivity index (χ1) is 12.6. The van der Waals surface area contributed by atoms with Crippen LogP contribution in [0.1, 0.15) is 25.0 Å². The lowest BCUT2D eigenvalue weighted by Gasteiger charge is -2.27. The number of amides is 1. The van der Waals surface area contributed by atoms with Gasteiger partial charge in [-0.15, -0.1) is 0 Å². The van der Waals surface area contributed by atoms with Gasteiger partial charge >= 0.3 is 0 Å². The summed E-state index contributed by atoms with van der Waals surface area (Å²) in [6.45, 7) is 1.93. The molecule has 1 aromatic carbocycles. The molecular weight excluding hydrogens is 391 g/mol. The lowest BCUT2D eigenvalue weighted by atomic mass is 10.1. The number of rotatable bonds is 2. The molecule has 0 atom stereocenters. The number of likely N-dealkylation sites (tertiary alicyclic amines) is 1. The van der Waals surface area contributed by atoms with Crippen molar-refractivity contribution < 1.29 is 9.21 Å². The monoisotopic (exact) mass is 406 g/mol. The van der Waals surface area contributed by atoms with Crippen LogP contribution in [0, 0.1) is 0 Å². The molecule has 26 heavy (non-hydrogen) atoms. The third-order valence-electron chi connectivity index (χ3n) is 4.33. The van der Waals surface area contributed by atoms with Gasteiger partial charge in [0, 0.05) is 29.8 Å². The molecule has 0 radical (unpaired) electrons. The van der Waals surface area contributed by atoms with E-state index in [0.29, 0.717) is 26.5 Å². The van der Waals surface area contributed by atoms with E-state index < -0.39 is 0 Å². The van der Waals surface area contributed by atoms with E-state index >= 15 is 0 Å². The Morgan fingerprint density at radius 3 is 2.73 bits per heavy atom. The lowest BCUT2D eigenvalue weighted by Crippen LogP contribution is -2.33. The Hall–Kier alpha value is -1.69. The Morgan fingerprint density at radius 2 is 1.92 bits per heavy atom. The number of nitrogens with zero attached hydrogens (tertiary/aromatic N) is 2. The number of thioether (sulfide) groups is 1. The van der Waals surface area contributed by atoms with Crippen molar-refractivity contribution in [3.05, 3.63) is 51.0 Å². The van der Waals surface area contributed by atoms with Gasteiger partial charge in [0.15, 0.2) is 5.17 Å². The van der Waals surface area contributed by atoms with Crippen LogP contribution in [-0.4, -0.2) is 29.1 Å². The summed E-state index contributed by atoms with van der Waals surface area (Å²) in [5.74, 6) is 0.980. The SMILES string of the molecule is O=C1N=C(N2CCCCC2)S/C1=C/c1ccc(-c2cc(Cl)ccc2Cl)o1. The van der Waals surface area contributed by atoms with Crippen molar-refractivity contribution in [2.24, 2.45) is 4.99 Å². The zero-order chi connectivity index (χ0) is 18.1. The minimum absolute atomic E-state index is 0.214. The van der Waals surface area contributed by atoms with Gasteiger partial charge in [-0.25, -0.2) is 0 Å². The van der Waals surface area contributed by atoms with Crippen molar-refractivity contribution in [1.82, 2.24) is 4.90 Å². The fourth-order valence-corrected chi connectivity index (χ4v) is 4.34. The third kappa shape index (κ3) is 3.70. The zero-order valence-electron chi connectivity index (χ0n) is 13.9. The van der Waals surface area contributed by atoms with Crippen LogP contribution in [0.3, 0.4) is 0 Å². The van der Waals surface area contributed by atoms with Gasteiger partial charge in [-0.05, 0) is 61.4 Å². The second kappa shape index (κ2) is 7.51. The van der Waals surface area contributed by atoms with Crippen LogP contribution in [0.2, 0.25) is 10.0 Å². The molecule has 4 rings (SSSR count). The van der Waals surface area contributed by atoms with Crippen molar-refractivity contribution >= 4 is 52.1 Å². The molecule has 3 heterocycles. The normalized spacial score (nSPS) is 19.3. The highest BCUT2D eigenvalue weighted by Gasteiger charge is 2.27. The van der Waals surface area contributed by atoms with Gasteiger partial charge in [0.25, 0.3) is 5.91 Å². The summed E-state index contributed by atoms with van der Waals surface area (Å²) in [5.41, 5.74) is 0.722. The average Bonchev–Trinajstić information content (AvgIpc) is 3.25. The lowest BCUT2D eigenvalue weighted by molar-refractivity contribution is -0.113. The number of amidine groups is 1. The summed E-state index contributed by atoms with van der Waals surface area (Å²) < 4.78 is 5.85. The van der Waals surface area contributed by atoms with Crippen LogP contribution in [0.15, 0.2) is 44.6 Å². The largest absolute Gasteiger partial charge is 0.457 e. The van der Waals surface area contributed by atoms with Crippen molar-refractivity contribution in [2.45, 2.75) is 19.3 Å². The topological polar surface area (TPSA) is 45.8 Å². The van der Waals surface area contributed by atoms with Crippen LogP contribution in [-0.2, 0) is 4.79 Å². The molecule has 0 N–H and O–H groups in total. The number of carbonyl (C=O) groups is 1. The Kier molecular flexibility index (Phi) is 5.11. The number of piperidine rings is 1. The molecule has 1 saturated heterocycles. The maximum atomic E-state index is 12.2. The van der Waals surface area contributed by atoms with Gasteiger partial charge < -0.3 is 9.32 Å². The van der Waals surface area contributed by atoms with Gasteiger partial charge in [0.2, 0.25) is 0 Å². The highest BCUT2D eigenvalue weighted by molar-refractivity contribution is 8.18. The number of carbonyl (C=O) groups excluding carboxylic acids is 1. The van der Waals surface area contributed by atoms with Crippen molar-refractivity contribution in [3.63, 3.8) is 0 Å². The average molecular weight is 407 g/mol. The van der Waals surface area contributed by atoms with Crippen molar-refractivity contribution in [1.29, 1.82) is 0 Å². The molecule has 1 fully saturated rings. The fourth-order valence-electron chi connectivity index (χ4n) is 3.01. The number of hydrogen-bond acceptors (Lipinski definition) is 4. The number of aliphatic imine (C=N–C) groups is 1. The predicted molar refractivity (Wildman–Crippen MR) is 108 cm³/mol. The van der Waals surface area contributed by atoms with E-state index in [1.54, 1.807) is 24.3 Å². The summed E-state index contributed by atoms with van der Waals surface area (Å²) in [5, 5.41) is 1.94. The number of benzene rings is 1. The Morgan fingerprint density at radius 1 is 1.12 bits per heavy atom. The summed E-state index contributed by atoms with van der Waals surface area (Å²) in [7, 11) is 0. The molecule has 0 bridgehead atoms. The highest BCUT2D eigenvalue weighted by Crippen LogP contribution is 2.35. The Bertz CT molecular complexity index is 914.